The summed E-state index contributed by atoms with van der Waals surface area (Å²) in [4.78, 5) is 0. The maximum absolute atomic E-state index is 13.8. The molecule has 0 N–H and O–H groups in total. The molecule has 27 heavy (non-hydrogen) atoms. The van der Waals surface area contributed by atoms with Crippen LogP contribution >= 0.6 is 0 Å². The van der Waals surface area contributed by atoms with E-state index < -0.39 is 11.6 Å². The van der Waals surface area contributed by atoms with Crippen LogP contribution in [0, 0.1) is 42.2 Å². The lowest BCUT2D eigenvalue weighted by Crippen LogP contribution is -1.92. The maximum Gasteiger partial charge on any atom is 0.174 e. The van der Waals surface area contributed by atoms with Crippen LogP contribution in [0.1, 0.15) is 40.3 Å². The van der Waals surface area contributed by atoms with Crippen molar-refractivity contribution in [2.24, 2.45) is 0 Å². The normalized spacial score (nSPS) is 9.78. The summed E-state index contributed by atoms with van der Waals surface area (Å²) in [5.41, 5.74) is 4.16. The highest BCUT2D eigenvalue weighted by molar-refractivity contribution is 5.48. The van der Waals surface area contributed by atoms with E-state index in [0.29, 0.717) is 5.56 Å². The molecule has 0 amide bonds. The lowest BCUT2D eigenvalue weighted by atomic mass is 10.1. The van der Waals surface area contributed by atoms with Crippen molar-refractivity contribution in [2.75, 3.05) is 0 Å². The van der Waals surface area contributed by atoms with E-state index in [4.69, 9.17) is 0 Å². The van der Waals surface area contributed by atoms with Crippen molar-refractivity contribution in [3.8, 4) is 23.7 Å². The summed E-state index contributed by atoms with van der Waals surface area (Å²) in [7, 11) is 0. The highest BCUT2D eigenvalue weighted by atomic mass is 19.2. The van der Waals surface area contributed by atoms with Gasteiger partial charge in [0.05, 0.1) is 5.56 Å². The summed E-state index contributed by atoms with van der Waals surface area (Å²) in [5.74, 6) is 10.0. The molecule has 132 valence electrons. The minimum absolute atomic E-state index is 0.0532. The van der Waals surface area contributed by atoms with E-state index in [1.165, 1.54) is 24.6 Å². The zero-order valence-electron chi connectivity index (χ0n) is 15.2. The molecule has 0 nitrogen and oxygen atoms in total. The number of aryl methyl sites for hydroxylation is 2. The van der Waals surface area contributed by atoms with Gasteiger partial charge in [0.25, 0.3) is 0 Å². The van der Waals surface area contributed by atoms with Crippen molar-refractivity contribution in [3.63, 3.8) is 0 Å². The second-order valence-corrected chi connectivity index (χ2v) is 6.19. The fraction of sp³-hybridized carbons (Fsp3) is 0.120. The maximum atomic E-state index is 13.8. The Kier molecular flexibility index (Phi) is 5.70. The van der Waals surface area contributed by atoms with Crippen LogP contribution in [0.2, 0.25) is 0 Å². The topological polar surface area (TPSA) is 0 Å². The van der Waals surface area contributed by atoms with Crippen molar-refractivity contribution in [1.29, 1.82) is 0 Å². The van der Waals surface area contributed by atoms with Crippen LogP contribution < -0.4 is 0 Å². The van der Waals surface area contributed by atoms with E-state index in [-0.39, 0.29) is 11.1 Å². The first-order valence-electron chi connectivity index (χ1n) is 8.74. The summed E-state index contributed by atoms with van der Waals surface area (Å²) >= 11 is 0. The predicted molar refractivity (Wildman–Crippen MR) is 105 cm³/mol. The zero-order valence-corrected chi connectivity index (χ0v) is 15.2. The fourth-order valence-corrected chi connectivity index (χ4v) is 2.49. The number of rotatable bonds is 1. The van der Waals surface area contributed by atoms with Crippen LogP contribution in [-0.4, -0.2) is 0 Å². The van der Waals surface area contributed by atoms with E-state index in [1.807, 2.05) is 36.4 Å². The molecule has 0 radical (unpaired) electrons. The Morgan fingerprint density at radius 3 is 1.63 bits per heavy atom. The van der Waals surface area contributed by atoms with E-state index in [1.54, 1.807) is 0 Å². The summed E-state index contributed by atoms with van der Waals surface area (Å²) in [5, 5.41) is 0. The van der Waals surface area contributed by atoms with Crippen molar-refractivity contribution in [2.45, 2.75) is 20.3 Å². The van der Waals surface area contributed by atoms with Gasteiger partial charge in [-0.2, -0.15) is 0 Å². The van der Waals surface area contributed by atoms with Gasteiger partial charge in [-0.15, -0.1) is 0 Å². The minimum Gasteiger partial charge on any atom is -0.203 e. The lowest BCUT2D eigenvalue weighted by molar-refractivity contribution is 0.501. The first kappa shape index (κ1) is 18.4. The molecule has 3 aromatic carbocycles. The number of hydrogen-bond acceptors (Lipinski definition) is 0. The Bertz CT molecular complexity index is 1070. The summed E-state index contributed by atoms with van der Waals surface area (Å²) in [6.45, 7) is 3.64. The molecule has 0 aliphatic rings. The highest BCUT2D eigenvalue weighted by Gasteiger charge is 2.08. The third-order valence-electron chi connectivity index (χ3n) is 4.22. The largest absolute Gasteiger partial charge is 0.203 e. The SMILES string of the molecule is CCc1ccc(C#Cc2ccc(C#Cc3ccc(C)c(F)c3F)cc2)cc1. The van der Waals surface area contributed by atoms with Crippen molar-refractivity contribution < 1.29 is 8.78 Å². The van der Waals surface area contributed by atoms with Gasteiger partial charge >= 0.3 is 0 Å². The standard InChI is InChI=1S/C25H18F2/c1-3-19-5-7-20(8-6-19)9-10-21-11-13-22(14-12-21)15-17-23-16-4-18(2)24(26)25(23)27/h4-8,11-14,16H,3H2,1-2H3. The first-order valence-corrected chi connectivity index (χ1v) is 8.74. The Hall–Kier alpha value is -3.36. The van der Waals surface area contributed by atoms with E-state index in [9.17, 15) is 8.78 Å². The minimum atomic E-state index is -0.904. The van der Waals surface area contributed by atoms with E-state index in [0.717, 1.165) is 17.5 Å². The molecule has 3 aromatic rings. The summed E-state index contributed by atoms with van der Waals surface area (Å²) < 4.78 is 27.4. The van der Waals surface area contributed by atoms with Crippen LogP contribution in [0.15, 0.2) is 60.7 Å². The van der Waals surface area contributed by atoms with Gasteiger partial charge in [-0.3, -0.25) is 0 Å². The van der Waals surface area contributed by atoms with Gasteiger partial charge in [-0.05, 0) is 66.9 Å². The first-order chi connectivity index (χ1) is 13.1. The Morgan fingerprint density at radius 2 is 1.11 bits per heavy atom. The summed E-state index contributed by atoms with van der Waals surface area (Å²) in [6, 6.07) is 18.6. The molecular formula is C25H18F2. The van der Waals surface area contributed by atoms with Crippen LogP contribution in [0.5, 0.6) is 0 Å². The molecule has 3 rings (SSSR count). The molecule has 0 saturated carbocycles. The van der Waals surface area contributed by atoms with Crippen molar-refractivity contribution >= 4 is 0 Å². The van der Waals surface area contributed by atoms with Gasteiger partial charge in [0.2, 0.25) is 0 Å². The number of hydrogen-bond donors (Lipinski definition) is 0. The van der Waals surface area contributed by atoms with Crippen molar-refractivity contribution in [3.05, 3.63) is 106 Å². The predicted octanol–water partition coefficient (Wildman–Crippen LogP) is 5.64. The molecule has 0 aliphatic carbocycles. The smallest absolute Gasteiger partial charge is 0.174 e. The molecule has 0 spiro atoms. The van der Waals surface area contributed by atoms with Crippen molar-refractivity contribution in [1.82, 2.24) is 0 Å². The second kappa shape index (κ2) is 8.35. The average Bonchev–Trinajstić information content (AvgIpc) is 2.71. The monoisotopic (exact) mass is 356 g/mol. The molecule has 0 aliphatic heterocycles. The molecule has 2 heteroatoms. The third-order valence-corrected chi connectivity index (χ3v) is 4.22. The Balaban J connectivity index is 1.75. The second-order valence-electron chi connectivity index (χ2n) is 6.19. The molecular weight excluding hydrogens is 338 g/mol. The molecule has 0 aromatic heterocycles. The molecule has 0 unspecified atom stereocenters. The quantitative estimate of drug-likeness (QED) is 0.495. The molecule has 0 heterocycles. The number of benzene rings is 3. The number of halogens is 2. The third kappa shape index (κ3) is 4.63. The van der Waals surface area contributed by atoms with E-state index >= 15 is 0 Å². The van der Waals surface area contributed by atoms with Gasteiger partial charge in [-0.25, -0.2) is 8.78 Å². The van der Waals surface area contributed by atoms with Crippen LogP contribution in [0.4, 0.5) is 8.78 Å². The van der Waals surface area contributed by atoms with Gasteiger partial charge in [0.15, 0.2) is 11.6 Å². The Morgan fingerprint density at radius 1 is 0.630 bits per heavy atom. The Labute approximate surface area is 158 Å². The van der Waals surface area contributed by atoms with Gasteiger partial charge in [0.1, 0.15) is 0 Å². The molecule has 0 bridgehead atoms. The lowest BCUT2D eigenvalue weighted by Gasteiger charge is -1.99. The van der Waals surface area contributed by atoms with Crippen LogP contribution in [0.25, 0.3) is 0 Å². The molecule has 0 fully saturated rings. The van der Waals surface area contributed by atoms with Gasteiger partial charge < -0.3 is 0 Å². The molecule has 0 saturated heterocycles. The van der Waals surface area contributed by atoms with Crippen LogP contribution in [-0.2, 0) is 6.42 Å². The zero-order chi connectivity index (χ0) is 19.2. The van der Waals surface area contributed by atoms with Gasteiger partial charge in [0, 0.05) is 16.7 Å². The van der Waals surface area contributed by atoms with Crippen LogP contribution in [0.3, 0.4) is 0 Å². The molecule has 0 atom stereocenters. The van der Waals surface area contributed by atoms with Gasteiger partial charge in [-0.1, -0.05) is 48.8 Å². The van der Waals surface area contributed by atoms with E-state index in [2.05, 4.69) is 42.7 Å². The summed E-state index contributed by atoms with van der Waals surface area (Å²) in [6.07, 6.45) is 1.01. The highest BCUT2D eigenvalue weighted by Crippen LogP contribution is 2.15. The fourth-order valence-electron chi connectivity index (χ4n) is 2.49. The average molecular weight is 356 g/mol.